The van der Waals surface area contributed by atoms with Crippen LogP contribution in [0.15, 0.2) is 28.7 Å². The molecule has 0 spiro atoms. The highest BCUT2D eigenvalue weighted by Gasteiger charge is 2.23. The zero-order valence-corrected chi connectivity index (χ0v) is 10.3. The molecule has 0 aromatic rings. The molecular weight excluding hydrogens is 227 g/mol. The van der Waals surface area contributed by atoms with E-state index >= 15 is 0 Å². The first-order valence-electron chi connectivity index (χ1n) is 5.49. The van der Waals surface area contributed by atoms with Crippen LogP contribution in [-0.4, -0.2) is 25.7 Å². The molecule has 1 heterocycles. The average Bonchev–Trinajstić information content (AvgIpc) is 2.27. The van der Waals surface area contributed by atoms with Gasteiger partial charge in [-0.05, 0) is 25.0 Å². The van der Waals surface area contributed by atoms with Gasteiger partial charge < -0.3 is 10.3 Å². The zero-order chi connectivity index (χ0) is 12.0. The molecule has 1 aliphatic rings. The summed E-state index contributed by atoms with van der Waals surface area (Å²) >= 11 is 5.77. The number of halogens is 2. The maximum atomic E-state index is 13.7. The summed E-state index contributed by atoms with van der Waals surface area (Å²) in [4.78, 5) is 3.88. The molecule has 16 heavy (non-hydrogen) atoms. The summed E-state index contributed by atoms with van der Waals surface area (Å²) in [5, 5.41) is 2.70. The maximum Gasteiger partial charge on any atom is 0.190 e. The molecule has 0 saturated carbocycles. The lowest BCUT2D eigenvalue weighted by Crippen LogP contribution is -2.24. The predicted molar refractivity (Wildman–Crippen MR) is 67.7 cm³/mol. The first-order valence-corrected chi connectivity index (χ1v) is 6.02. The van der Waals surface area contributed by atoms with Crippen LogP contribution < -0.4 is 5.32 Å². The Hall–Kier alpha value is -0.830. The Morgan fingerprint density at radius 1 is 1.69 bits per heavy atom. The van der Waals surface area contributed by atoms with E-state index in [1.807, 2.05) is 12.2 Å². The maximum absolute atomic E-state index is 13.7. The average molecular weight is 245 g/mol. The van der Waals surface area contributed by atoms with Crippen molar-refractivity contribution in [2.75, 3.05) is 19.0 Å². The summed E-state index contributed by atoms with van der Waals surface area (Å²) in [6.45, 7) is 6.71. The minimum Gasteiger partial charge on any atom is -0.358 e. The van der Waals surface area contributed by atoms with Gasteiger partial charge in [0, 0.05) is 24.5 Å². The van der Waals surface area contributed by atoms with Crippen LogP contribution in [0.5, 0.6) is 0 Å². The lowest BCUT2D eigenvalue weighted by atomic mass is 9.84. The fraction of sp³-hybridized carbons (Fsp3) is 0.583. The third-order valence-electron chi connectivity index (χ3n) is 2.85. The van der Waals surface area contributed by atoms with Crippen LogP contribution >= 0.6 is 11.6 Å². The minimum absolute atomic E-state index is 0.104. The molecule has 2 atom stereocenters. The first kappa shape index (κ1) is 13.2. The molecule has 1 N–H and O–H groups in total. The molecule has 1 rings (SSSR count). The predicted octanol–water partition coefficient (Wildman–Crippen LogP) is 2.91. The quantitative estimate of drug-likeness (QED) is 0.434. The largest absolute Gasteiger partial charge is 0.358 e. The highest BCUT2D eigenvalue weighted by atomic mass is 35.5. The van der Waals surface area contributed by atoms with Gasteiger partial charge in [-0.15, -0.1) is 11.6 Å². The van der Waals surface area contributed by atoms with E-state index in [2.05, 4.69) is 24.0 Å². The molecule has 0 saturated heterocycles. The molecule has 4 heteroatoms. The van der Waals surface area contributed by atoms with Crippen LogP contribution in [0.2, 0.25) is 0 Å². The standard InChI is InChI=1S/C12H18ClFN2/c1-9(8-15-2)10(5-6-13)11-4-3-7-16-12(11)14/h3-4,9-10,16H,2,5-8H2,1H3/t9-,10+/m0/s1. The van der Waals surface area contributed by atoms with Crippen molar-refractivity contribution >= 4 is 18.3 Å². The second-order valence-corrected chi connectivity index (χ2v) is 4.40. The van der Waals surface area contributed by atoms with Gasteiger partial charge in [0.1, 0.15) is 0 Å². The second-order valence-electron chi connectivity index (χ2n) is 4.02. The topological polar surface area (TPSA) is 24.4 Å². The molecule has 0 fully saturated rings. The summed E-state index contributed by atoms with van der Waals surface area (Å²) in [6, 6.07) is 0. The number of hydrogen-bond donors (Lipinski definition) is 1. The van der Waals surface area contributed by atoms with Crippen LogP contribution in [0.3, 0.4) is 0 Å². The van der Waals surface area contributed by atoms with Crippen LogP contribution in [0.4, 0.5) is 4.39 Å². The van der Waals surface area contributed by atoms with Crippen LogP contribution in [-0.2, 0) is 0 Å². The van der Waals surface area contributed by atoms with Crippen molar-refractivity contribution < 1.29 is 4.39 Å². The lowest BCUT2D eigenvalue weighted by molar-refractivity contribution is 0.395. The number of dihydropyridines is 1. The van der Waals surface area contributed by atoms with Crippen LogP contribution in [0.1, 0.15) is 13.3 Å². The van der Waals surface area contributed by atoms with E-state index in [-0.39, 0.29) is 17.8 Å². The molecule has 0 unspecified atom stereocenters. The number of allylic oxidation sites excluding steroid dienone is 2. The number of nitrogens with zero attached hydrogens (tertiary/aromatic N) is 1. The smallest absolute Gasteiger partial charge is 0.190 e. The van der Waals surface area contributed by atoms with Gasteiger partial charge in [0.15, 0.2) is 5.95 Å². The Kier molecular flexibility index (Phi) is 5.53. The van der Waals surface area contributed by atoms with Crippen molar-refractivity contribution in [3.63, 3.8) is 0 Å². The molecule has 2 nitrogen and oxygen atoms in total. The molecular formula is C12H18ClFN2. The number of alkyl halides is 1. The number of nitrogens with one attached hydrogen (secondary N) is 1. The Labute approximate surface area is 101 Å². The van der Waals surface area contributed by atoms with Gasteiger partial charge >= 0.3 is 0 Å². The van der Waals surface area contributed by atoms with E-state index in [9.17, 15) is 4.39 Å². The molecule has 0 radical (unpaired) electrons. The van der Waals surface area contributed by atoms with E-state index in [0.29, 0.717) is 24.5 Å². The second kappa shape index (κ2) is 6.69. The monoisotopic (exact) mass is 244 g/mol. The lowest BCUT2D eigenvalue weighted by Gasteiger charge is -2.25. The van der Waals surface area contributed by atoms with Crippen LogP contribution in [0, 0.1) is 11.8 Å². The summed E-state index contributed by atoms with van der Waals surface area (Å²) < 4.78 is 13.7. The fourth-order valence-electron chi connectivity index (χ4n) is 1.99. The highest BCUT2D eigenvalue weighted by Crippen LogP contribution is 2.29. The van der Waals surface area contributed by atoms with E-state index in [4.69, 9.17) is 11.6 Å². The molecule has 0 aromatic carbocycles. The van der Waals surface area contributed by atoms with Gasteiger partial charge in [0.2, 0.25) is 0 Å². The Morgan fingerprint density at radius 2 is 2.44 bits per heavy atom. The minimum atomic E-state index is -0.228. The summed E-state index contributed by atoms with van der Waals surface area (Å²) in [5.74, 6) is 0.652. The zero-order valence-electron chi connectivity index (χ0n) is 9.55. The van der Waals surface area contributed by atoms with Crippen molar-refractivity contribution in [3.8, 4) is 0 Å². The van der Waals surface area contributed by atoms with Gasteiger partial charge in [0.05, 0.1) is 0 Å². The number of aliphatic imine (C=N–C) groups is 1. The van der Waals surface area contributed by atoms with Crippen molar-refractivity contribution in [1.29, 1.82) is 0 Å². The van der Waals surface area contributed by atoms with Gasteiger partial charge in [-0.2, -0.15) is 4.39 Å². The first-order chi connectivity index (χ1) is 7.70. The summed E-state index contributed by atoms with van der Waals surface area (Å²) in [5.41, 5.74) is 0.711. The van der Waals surface area contributed by atoms with Gasteiger partial charge in [-0.3, -0.25) is 0 Å². The summed E-state index contributed by atoms with van der Waals surface area (Å²) in [6.07, 6.45) is 4.53. The van der Waals surface area contributed by atoms with Gasteiger partial charge in [-0.25, -0.2) is 0 Å². The molecule has 0 aromatic heterocycles. The SMILES string of the molecule is C=NC[C@H](C)[C@@H](CCCl)C1=C(F)NCC=C1. The van der Waals surface area contributed by atoms with Gasteiger partial charge in [0.25, 0.3) is 0 Å². The molecule has 90 valence electrons. The Morgan fingerprint density at radius 3 is 3.00 bits per heavy atom. The Bertz CT molecular complexity index is 299. The van der Waals surface area contributed by atoms with E-state index < -0.39 is 0 Å². The highest BCUT2D eigenvalue weighted by molar-refractivity contribution is 6.17. The van der Waals surface area contributed by atoms with Crippen LogP contribution in [0.25, 0.3) is 0 Å². The van der Waals surface area contributed by atoms with E-state index in [1.165, 1.54) is 0 Å². The van der Waals surface area contributed by atoms with Crippen molar-refractivity contribution in [3.05, 3.63) is 23.7 Å². The third kappa shape index (κ3) is 3.34. The van der Waals surface area contributed by atoms with E-state index in [1.54, 1.807) is 0 Å². The van der Waals surface area contributed by atoms with Crippen molar-refractivity contribution in [2.45, 2.75) is 13.3 Å². The van der Waals surface area contributed by atoms with Crippen molar-refractivity contribution in [1.82, 2.24) is 5.32 Å². The Balaban J connectivity index is 2.83. The molecule has 0 aliphatic carbocycles. The molecule has 0 bridgehead atoms. The van der Waals surface area contributed by atoms with E-state index in [0.717, 1.165) is 6.42 Å². The summed E-state index contributed by atoms with van der Waals surface area (Å²) in [7, 11) is 0. The van der Waals surface area contributed by atoms with Gasteiger partial charge in [-0.1, -0.05) is 19.1 Å². The number of hydrogen-bond acceptors (Lipinski definition) is 2. The molecule has 0 amide bonds. The molecule has 1 aliphatic heterocycles. The normalized spacial score (nSPS) is 19.2. The number of rotatable bonds is 6. The fourth-order valence-corrected chi connectivity index (χ4v) is 2.23. The van der Waals surface area contributed by atoms with Crippen molar-refractivity contribution in [2.24, 2.45) is 16.8 Å². The third-order valence-corrected chi connectivity index (χ3v) is 3.07.